The van der Waals surface area contributed by atoms with Gasteiger partial charge in [-0.25, -0.2) is 4.79 Å². The molecule has 1 fully saturated rings. The monoisotopic (exact) mass is 408 g/mol. The molecule has 2 aromatic carbocycles. The Morgan fingerprint density at radius 3 is 2.30 bits per heavy atom. The van der Waals surface area contributed by atoms with Crippen LogP contribution >= 0.6 is 0 Å². The average Bonchev–Trinajstić information content (AvgIpc) is 3.36. The minimum Gasteiger partial charge on any atom is -0.481 e. The van der Waals surface area contributed by atoms with Gasteiger partial charge in [-0.2, -0.15) is 0 Å². The summed E-state index contributed by atoms with van der Waals surface area (Å²) in [5.41, 5.74) is 4.66. The Bertz CT molecular complexity index is 928. The highest BCUT2D eigenvalue weighted by molar-refractivity contribution is 5.81. The van der Waals surface area contributed by atoms with Gasteiger partial charge in [0.05, 0.1) is 12.3 Å². The third-order valence-electron chi connectivity index (χ3n) is 5.79. The predicted octanol–water partition coefficient (Wildman–Crippen LogP) is 2.85. The Balaban J connectivity index is 1.34. The fraction of sp³-hybridized carbons (Fsp3) is 0.348. The van der Waals surface area contributed by atoms with E-state index >= 15 is 0 Å². The maximum atomic E-state index is 12.6. The number of carboxylic acids is 1. The van der Waals surface area contributed by atoms with Crippen LogP contribution in [0.5, 0.6) is 0 Å². The number of hydrogen-bond donors (Lipinski definition) is 2. The van der Waals surface area contributed by atoms with Crippen LogP contribution in [-0.4, -0.2) is 54.2 Å². The van der Waals surface area contributed by atoms with Crippen LogP contribution in [0.4, 0.5) is 4.79 Å². The van der Waals surface area contributed by atoms with E-state index in [0.29, 0.717) is 13.0 Å². The summed E-state index contributed by atoms with van der Waals surface area (Å²) in [4.78, 5) is 36.9. The molecule has 2 amide bonds. The van der Waals surface area contributed by atoms with Gasteiger partial charge >= 0.3 is 12.1 Å². The molecule has 1 aliphatic heterocycles. The lowest BCUT2D eigenvalue weighted by atomic mass is 9.98. The first kappa shape index (κ1) is 19.9. The molecule has 2 N–H and O–H groups in total. The first-order valence-electron chi connectivity index (χ1n) is 10.1. The minimum absolute atomic E-state index is 0.000864. The summed E-state index contributed by atoms with van der Waals surface area (Å²) in [6, 6.07) is 16.3. The van der Waals surface area contributed by atoms with Crippen molar-refractivity contribution in [2.24, 2.45) is 5.92 Å². The molecule has 1 heterocycles. The van der Waals surface area contributed by atoms with Crippen LogP contribution in [-0.2, 0) is 14.3 Å². The molecule has 1 atom stereocenters. The van der Waals surface area contributed by atoms with E-state index in [0.717, 1.165) is 11.1 Å². The zero-order valence-electron chi connectivity index (χ0n) is 16.5. The number of nitrogens with zero attached hydrogens (tertiary/aromatic N) is 1. The first-order chi connectivity index (χ1) is 14.5. The van der Waals surface area contributed by atoms with Crippen LogP contribution in [0.1, 0.15) is 29.9 Å². The van der Waals surface area contributed by atoms with Crippen LogP contribution in [0.15, 0.2) is 48.5 Å². The SMILES string of the molecule is O=C(O)CCNC(=O)C1CCN(C(=O)OCC2c3ccccc3-c3ccccc32)C1. The number of carboxylic acid groups (broad SMARTS) is 1. The zero-order chi connectivity index (χ0) is 21.1. The topological polar surface area (TPSA) is 95.9 Å². The highest BCUT2D eigenvalue weighted by atomic mass is 16.6. The summed E-state index contributed by atoms with van der Waals surface area (Å²) in [5.74, 6) is -1.51. The second kappa shape index (κ2) is 8.57. The Kier molecular flexibility index (Phi) is 5.70. The summed E-state index contributed by atoms with van der Waals surface area (Å²) in [5, 5.41) is 11.3. The van der Waals surface area contributed by atoms with Gasteiger partial charge in [-0.15, -0.1) is 0 Å². The summed E-state index contributed by atoms with van der Waals surface area (Å²) < 4.78 is 5.64. The maximum absolute atomic E-state index is 12.6. The second-order valence-corrected chi connectivity index (χ2v) is 7.67. The standard InChI is InChI=1S/C23H24N2O5/c26-21(27)9-11-24-22(28)15-10-12-25(13-15)23(29)30-14-20-18-7-3-1-5-16(18)17-6-2-4-8-19(17)20/h1-8,15,20H,9-14H2,(H,24,28)(H,26,27). The zero-order valence-corrected chi connectivity index (χ0v) is 16.5. The summed E-state index contributed by atoms with van der Waals surface area (Å²) >= 11 is 0. The number of carbonyl (C=O) groups excluding carboxylic acids is 2. The molecule has 30 heavy (non-hydrogen) atoms. The lowest BCUT2D eigenvalue weighted by Gasteiger charge is -2.19. The predicted molar refractivity (Wildman–Crippen MR) is 110 cm³/mol. The molecule has 1 unspecified atom stereocenters. The molecule has 0 saturated carbocycles. The third kappa shape index (κ3) is 4.01. The second-order valence-electron chi connectivity index (χ2n) is 7.67. The number of nitrogens with one attached hydrogen (secondary N) is 1. The smallest absolute Gasteiger partial charge is 0.409 e. The highest BCUT2D eigenvalue weighted by Crippen LogP contribution is 2.44. The van der Waals surface area contributed by atoms with Crippen molar-refractivity contribution in [1.82, 2.24) is 10.2 Å². The van der Waals surface area contributed by atoms with Crippen molar-refractivity contribution >= 4 is 18.0 Å². The van der Waals surface area contributed by atoms with Crippen LogP contribution in [0.25, 0.3) is 11.1 Å². The van der Waals surface area contributed by atoms with E-state index in [9.17, 15) is 14.4 Å². The van der Waals surface area contributed by atoms with Gasteiger partial charge < -0.3 is 20.1 Å². The van der Waals surface area contributed by atoms with Gasteiger partial charge in [-0.05, 0) is 28.7 Å². The molecule has 0 radical (unpaired) electrons. The number of fused-ring (bicyclic) bond motifs is 3. The van der Waals surface area contributed by atoms with E-state index in [1.165, 1.54) is 11.1 Å². The van der Waals surface area contributed by atoms with Gasteiger partial charge in [0, 0.05) is 25.6 Å². The summed E-state index contributed by atoms with van der Waals surface area (Å²) in [6.07, 6.45) is 0.00943. The van der Waals surface area contributed by atoms with Crippen molar-refractivity contribution in [3.63, 3.8) is 0 Å². The van der Waals surface area contributed by atoms with Gasteiger partial charge in [0.2, 0.25) is 5.91 Å². The van der Waals surface area contributed by atoms with Crippen molar-refractivity contribution in [2.75, 3.05) is 26.2 Å². The number of amides is 2. The number of aliphatic carboxylic acids is 1. The Labute approximate surface area is 174 Å². The van der Waals surface area contributed by atoms with Crippen molar-refractivity contribution in [3.05, 3.63) is 59.7 Å². The van der Waals surface area contributed by atoms with Gasteiger partial charge in [-0.1, -0.05) is 48.5 Å². The van der Waals surface area contributed by atoms with E-state index in [-0.39, 0.29) is 43.9 Å². The lowest BCUT2D eigenvalue weighted by molar-refractivity contribution is -0.137. The first-order valence-corrected chi connectivity index (χ1v) is 10.1. The Hall–Kier alpha value is -3.35. The number of rotatable bonds is 6. The number of likely N-dealkylation sites (tertiary alicyclic amines) is 1. The van der Waals surface area contributed by atoms with Gasteiger partial charge in [0.1, 0.15) is 6.61 Å². The fourth-order valence-corrected chi connectivity index (χ4v) is 4.26. The molecule has 1 aliphatic carbocycles. The molecule has 7 nitrogen and oxygen atoms in total. The van der Waals surface area contributed by atoms with E-state index < -0.39 is 12.1 Å². The van der Waals surface area contributed by atoms with Gasteiger partial charge in [0.25, 0.3) is 0 Å². The average molecular weight is 408 g/mol. The molecule has 1 saturated heterocycles. The van der Waals surface area contributed by atoms with Gasteiger partial charge in [0.15, 0.2) is 0 Å². The largest absolute Gasteiger partial charge is 0.481 e. The minimum atomic E-state index is -0.956. The van der Waals surface area contributed by atoms with Crippen molar-refractivity contribution in [3.8, 4) is 11.1 Å². The molecule has 0 bridgehead atoms. The molecule has 0 aromatic heterocycles. The Morgan fingerprint density at radius 2 is 1.67 bits per heavy atom. The molecular weight excluding hydrogens is 384 g/mol. The summed E-state index contributed by atoms with van der Waals surface area (Å²) in [7, 11) is 0. The molecular formula is C23H24N2O5. The van der Waals surface area contributed by atoms with E-state index in [4.69, 9.17) is 9.84 Å². The maximum Gasteiger partial charge on any atom is 0.409 e. The Morgan fingerprint density at radius 1 is 1.03 bits per heavy atom. The molecule has 2 aliphatic rings. The van der Waals surface area contributed by atoms with Crippen LogP contribution < -0.4 is 5.32 Å². The molecule has 156 valence electrons. The van der Waals surface area contributed by atoms with E-state index in [1.807, 2.05) is 24.3 Å². The van der Waals surface area contributed by atoms with Crippen molar-refractivity contribution < 1.29 is 24.2 Å². The van der Waals surface area contributed by atoms with Crippen LogP contribution in [0, 0.1) is 5.92 Å². The third-order valence-corrected chi connectivity index (χ3v) is 5.79. The number of carbonyl (C=O) groups is 3. The number of hydrogen-bond acceptors (Lipinski definition) is 4. The highest BCUT2D eigenvalue weighted by Gasteiger charge is 2.33. The molecule has 0 spiro atoms. The van der Waals surface area contributed by atoms with Crippen LogP contribution in [0.2, 0.25) is 0 Å². The lowest BCUT2D eigenvalue weighted by Crippen LogP contribution is -2.36. The quantitative estimate of drug-likeness (QED) is 0.766. The molecule has 2 aromatic rings. The van der Waals surface area contributed by atoms with E-state index in [1.54, 1.807) is 4.90 Å². The number of ether oxygens (including phenoxy) is 1. The normalized spacial score (nSPS) is 17.3. The fourth-order valence-electron chi connectivity index (χ4n) is 4.26. The van der Waals surface area contributed by atoms with E-state index in [2.05, 4.69) is 29.6 Å². The number of benzene rings is 2. The van der Waals surface area contributed by atoms with Crippen molar-refractivity contribution in [2.45, 2.75) is 18.8 Å². The molecule has 7 heteroatoms. The van der Waals surface area contributed by atoms with Crippen molar-refractivity contribution in [1.29, 1.82) is 0 Å². The van der Waals surface area contributed by atoms with Gasteiger partial charge in [-0.3, -0.25) is 9.59 Å². The van der Waals surface area contributed by atoms with Crippen LogP contribution in [0.3, 0.4) is 0 Å². The molecule has 4 rings (SSSR count). The summed E-state index contributed by atoms with van der Waals surface area (Å²) in [6.45, 7) is 1.08.